The topological polar surface area (TPSA) is 0 Å². The second kappa shape index (κ2) is 18.1. The van der Waals surface area contributed by atoms with Crippen molar-refractivity contribution in [2.24, 2.45) is 0 Å². The molecule has 0 N–H and O–H groups in total. The Kier molecular flexibility index (Phi) is 31.1. The number of hydrogen-bond donors (Lipinski definition) is 0. The summed E-state index contributed by atoms with van der Waals surface area (Å²) in [4.78, 5) is 0. The first kappa shape index (κ1) is 18.9. The Morgan fingerprint density at radius 2 is 0.818 bits per heavy atom. The molecule has 62 valence electrons. The van der Waals surface area contributed by atoms with E-state index in [0.29, 0.717) is 0 Å². The quantitative estimate of drug-likeness (QED) is 0.521. The van der Waals surface area contributed by atoms with E-state index in [1.165, 1.54) is 32.1 Å². The van der Waals surface area contributed by atoms with Gasteiger partial charge in [0.2, 0.25) is 0 Å². The number of unbranched alkanes of at least 4 members (excludes halogenated alkanes) is 6. The normalized spacial score (nSPS) is 8.18. The van der Waals surface area contributed by atoms with Crippen LogP contribution in [-0.4, -0.2) is 0 Å². The first-order valence-corrected chi connectivity index (χ1v) is 4.00. The van der Waals surface area contributed by atoms with Crippen molar-refractivity contribution in [3.63, 3.8) is 0 Å². The van der Waals surface area contributed by atoms with E-state index in [4.69, 9.17) is 0 Å². The molecule has 0 atom stereocenters. The van der Waals surface area contributed by atoms with E-state index in [2.05, 4.69) is 13.8 Å². The molecule has 0 aromatic heterocycles. The summed E-state index contributed by atoms with van der Waals surface area (Å²) in [5.74, 6) is 0. The Balaban J connectivity index is -0.000000320. The molecule has 0 aliphatic heterocycles. The van der Waals surface area contributed by atoms with Gasteiger partial charge in [-0.15, -0.1) is 0 Å². The summed E-state index contributed by atoms with van der Waals surface area (Å²) in [6, 6.07) is 0. The fourth-order valence-corrected chi connectivity index (χ4v) is 0.884. The smallest absolute Gasteiger partial charge is 0 e. The maximum absolute atomic E-state index is 3.79. The number of hydrogen-bond acceptors (Lipinski definition) is 0. The van der Waals surface area contributed by atoms with Crippen LogP contribution in [0.25, 0.3) is 0 Å². The van der Waals surface area contributed by atoms with Gasteiger partial charge in [0.05, 0.1) is 0 Å². The first-order valence-electron chi connectivity index (χ1n) is 4.00. The summed E-state index contributed by atoms with van der Waals surface area (Å²) in [5.41, 5.74) is 0. The summed E-state index contributed by atoms with van der Waals surface area (Å²) < 4.78 is 0. The minimum absolute atomic E-state index is 0. The molecule has 0 heterocycles. The Morgan fingerprint density at radius 3 is 1.09 bits per heavy atom. The van der Waals surface area contributed by atoms with Gasteiger partial charge in [0.1, 0.15) is 0 Å². The van der Waals surface area contributed by atoms with Crippen molar-refractivity contribution in [1.29, 1.82) is 0 Å². The summed E-state index contributed by atoms with van der Waals surface area (Å²) in [5, 5.41) is 0. The molecule has 0 rings (SSSR count). The Labute approximate surface area is 122 Å². The van der Waals surface area contributed by atoms with E-state index < -0.39 is 0 Å². The molecule has 0 aromatic carbocycles. The largest absolute Gasteiger partial charge is 0.343 e. The fourth-order valence-electron chi connectivity index (χ4n) is 0.884. The van der Waals surface area contributed by atoms with E-state index in [1.807, 2.05) is 0 Å². The van der Waals surface area contributed by atoms with Crippen LogP contribution in [-0.2, 0) is 65.4 Å². The predicted octanol–water partition coefficient (Wildman–Crippen LogP) is 3.38. The van der Waals surface area contributed by atoms with Crippen molar-refractivity contribution in [3.05, 3.63) is 13.8 Å². The molecular weight excluding hydrogens is 286 g/mol. The first-order chi connectivity index (χ1) is 4.41. The van der Waals surface area contributed by atoms with Crippen LogP contribution in [0.5, 0.6) is 0 Å². The van der Waals surface area contributed by atoms with Crippen LogP contribution in [0.3, 0.4) is 0 Å². The van der Waals surface area contributed by atoms with Crippen molar-refractivity contribution in [3.8, 4) is 0 Å². The van der Waals surface area contributed by atoms with Crippen LogP contribution in [0.4, 0.5) is 0 Å². The van der Waals surface area contributed by atoms with Crippen LogP contribution in [0.1, 0.15) is 44.9 Å². The van der Waals surface area contributed by atoms with Gasteiger partial charge in [-0.2, -0.15) is 12.8 Å². The van der Waals surface area contributed by atoms with Crippen LogP contribution in [0.2, 0.25) is 0 Å². The van der Waals surface area contributed by atoms with Crippen LogP contribution >= 0.6 is 0 Å². The molecule has 0 aromatic rings. The van der Waals surface area contributed by atoms with Gasteiger partial charge >= 0.3 is 0 Å². The number of rotatable bonds is 6. The van der Waals surface area contributed by atoms with Crippen molar-refractivity contribution in [2.75, 3.05) is 0 Å². The third-order valence-corrected chi connectivity index (χ3v) is 1.50. The molecule has 2 radical (unpaired) electrons. The molecule has 0 saturated heterocycles. The standard InChI is InChI=1S/C9H18.2Y/c1-3-5-7-9-8-6-4-2;;/h1-9H2;;/q-2;;. The van der Waals surface area contributed by atoms with Crippen molar-refractivity contribution >= 4 is 0 Å². The maximum Gasteiger partial charge on any atom is 0 e. The van der Waals surface area contributed by atoms with Crippen LogP contribution < -0.4 is 0 Å². The zero-order valence-corrected chi connectivity index (χ0v) is 13.2. The summed E-state index contributed by atoms with van der Waals surface area (Å²) in [7, 11) is 0. The second-order valence-corrected chi connectivity index (χ2v) is 2.47. The van der Waals surface area contributed by atoms with Crippen LogP contribution in [0.15, 0.2) is 0 Å². The second-order valence-electron chi connectivity index (χ2n) is 2.47. The van der Waals surface area contributed by atoms with Crippen molar-refractivity contribution < 1.29 is 65.4 Å². The fraction of sp³-hybridized carbons (Fsp3) is 0.778. The zero-order chi connectivity index (χ0) is 6.95. The molecule has 0 spiro atoms. The Morgan fingerprint density at radius 1 is 0.545 bits per heavy atom. The van der Waals surface area contributed by atoms with Crippen molar-refractivity contribution in [2.45, 2.75) is 44.9 Å². The van der Waals surface area contributed by atoms with Gasteiger partial charge in [0.25, 0.3) is 0 Å². The summed E-state index contributed by atoms with van der Waals surface area (Å²) >= 11 is 0. The monoisotopic (exact) mass is 304 g/mol. The summed E-state index contributed by atoms with van der Waals surface area (Å²) in [6.07, 6.45) is 8.92. The molecule has 11 heavy (non-hydrogen) atoms. The third-order valence-electron chi connectivity index (χ3n) is 1.50. The van der Waals surface area contributed by atoms with Gasteiger partial charge in [-0.05, 0) is 0 Å². The molecule has 2 heteroatoms. The molecule has 0 nitrogen and oxygen atoms in total. The molecular formula is C9H18Y2-2. The van der Waals surface area contributed by atoms with Gasteiger partial charge in [-0.3, -0.25) is 0 Å². The van der Waals surface area contributed by atoms with Gasteiger partial charge in [0, 0.05) is 65.4 Å². The molecule has 0 aliphatic rings. The maximum atomic E-state index is 3.79. The summed E-state index contributed by atoms with van der Waals surface area (Å²) in [6.45, 7) is 7.58. The predicted molar refractivity (Wildman–Crippen MR) is 43.0 cm³/mol. The Bertz CT molecular complexity index is 40.8. The van der Waals surface area contributed by atoms with E-state index in [9.17, 15) is 0 Å². The molecule has 0 fully saturated rings. The van der Waals surface area contributed by atoms with Gasteiger partial charge in [0.15, 0.2) is 0 Å². The third kappa shape index (κ3) is 18.9. The van der Waals surface area contributed by atoms with Gasteiger partial charge in [-0.25, -0.2) is 0 Å². The van der Waals surface area contributed by atoms with Gasteiger partial charge < -0.3 is 13.8 Å². The molecule has 0 saturated carbocycles. The minimum Gasteiger partial charge on any atom is -0.343 e. The SMILES string of the molecule is [CH2-]CCCCCCC[CH2-].[Y].[Y]. The minimum atomic E-state index is 0. The van der Waals surface area contributed by atoms with Gasteiger partial charge in [-0.1, -0.05) is 32.1 Å². The molecule has 0 aliphatic carbocycles. The van der Waals surface area contributed by atoms with E-state index in [1.54, 1.807) is 0 Å². The Hall–Kier alpha value is 2.21. The van der Waals surface area contributed by atoms with Crippen molar-refractivity contribution in [1.82, 2.24) is 0 Å². The average molecular weight is 304 g/mol. The van der Waals surface area contributed by atoms with E-state index >= 15 is 0 Å². The molecule has 0 amide bonds. The average Bonchev–Trinajstić information content (AvgIpc) is 1.89. The zero-order valence-electron chi connectivity index (χ0n) is 7.52. The molecule has 0 bridgehead atoms. The van der Waals surface area contributed by atoms with E-state index in [-0.39, 0.29) is 65.4 Å². The van der Waals surface area contributed by atoms with E-state index in [0.717, 1.165) is 12.8 Å². The molecule has 0 unspecified atom stereocenters. The van der Waals surface area contributed by atoms with Crippen LogP contribution in [0, 0.1) is 13.8 Å².